The van der Waals surface area contributed by atoms with Crippen LogP contribution in [0.15, 0.2) is 34.9 Å². The van der Waals surface area contributed by atoms with E-state index in [-0.39, 0.29) is 29.6 Å². The lowest BCUT2D eigenvalue weighted by molar-refractivity contribution is -0.416. The van der Waals surface area contributed by atoms with Crippen LogP contribution in [-0.2, 0) is 0 Å². The number of ether oxygens (including phenoxy) is 1. The number of halogens is 3. The van der Waals surface area contributed by atoms with Gasteiger partial charge in [0.05, 0.1) is 6.61 Å². The Morgan fingerprint density at radius 3 is 2.40 bits per heavy atom. The van der Waals surface area contributed by atoms with Gasteiger partial charge in [0.15, 0.2) is 29.4 Å². The van der Waals surface area contributed by atoms with Crippen molar-refractivity contribution >= 4 is 12.2 Å². The molecule has 4 rings (SSSR count). The summed E-state index contributed by atoms with van der Waals surface area (Å²) in [6, 6.07) is 6.58. The maximum Gasteiger partial charge on any atom is 0.324 e. The molecular weight excluding hydrogens is 461 g/mol. The molecule has 2 heterocycles. The Morgan fingerprint density at radius 2 is 1.83 bits per heavy atom. The smallest absolute Gasteiger partial charge is 0.324 e. The number of hydroxylamine groups is 1. The fourth-order valence-corrected chi connectivity index (χ4v) is 3.99. The number of rotatable bonds is 7. The highest BCUT2D eigenvalue weighted by molar-refractivity contribution is 5.78. The zero-order chi connectivity index (χ0) is 25.1. The minimum absolute atomic E-state index is 0.0223. The molecule has 0 saturated carbocycles. The Bertz CT molecular complexity index is 1190. The van der Waals surface area contributed by atoms with Gasteiger partial charge >= 0.3 is 6.01 Å². The minimum atomic E-state index is -0.904. The van der Waals surface area contributed by atoms with Crippen LogP contribution < -0.4 is 9.64 Å². The molecule has 0 aliphatic carbocycles. The van der Waals surface area contributed by atoms with E-state index in [2.05, 4.69) is 10.1 Å². The van der Waals surface area contributed by atoms with Gasteiger partial charge in [-0.1, -0.05) is 25.1 Å². The van der Waals surface area contributed by atoms with Gasteiger partial charge in [0.25, 0.3) is 0 Å². The molecule has 0 unspecified atom stereocenters. The lowest BCUT2D eigenvalue weighted by Crippen LogP contribution is -2.35. The van der Waals surface area contributed by atoms with Gasteiger partial charge in [-0.3, -0.25) is 0 Å². The monoisotopic (exact) mass is 488 g/mol. The topological polar surface area (TPSA) is 77.5 Å². The molecule has 0 atom stereocenters. The van der Waals surface area contributed by atoms with Crippen molar-refractivity contribution in [2.24, 2.45) is 5.92 Å². The predicted octanol–water partition coefficient (Wildman–Crippen LogP) is 5.13. The molecule has 1 aliphatic rings. The molecule has 2 aromatic carbocycles. The molecular formula is C25H27F3N4O3. The van der Waals surface area contributed by atoms with Gasteiger partial charge in [0.2, 0.25) is 0 Å². The molecule has 7 nitrogen and oxygen atoms in total. The summed E-state index contributed by atoms with van der Waals surface area (Å²) in [6.45, 7) is 5.48. The molecule has 0 N–H and O–H groups in total. The predicted molar refractivity (Wildman–Crippen MR) is 125 cm³/mol. The average Bonchev–Trinajstić information content (AvgIpc) is 3.29. The minimum Gasteiger partial charge on any atom is -0.624 e. The van der Waals surface area contributed by atoms with Crippen LogP contribution in [0.3, 0.4) is 0 Å². The highest BCUT2D eigenvalue weighted by Gasteiger charge is 2.25. The van der Waals surface area contributed by atoms with E-state index in [9.17, 15) is 18.4 Å². The van der Waals surface area contributed by atoms with Crippen molar-refractivity contribution in [1.29, 1.82) is 0 Å². The molecule has 10 heteroatoms. The number of hydrogen-bond acceptors (Lipinski definition) is 6. The third kappa shape index (κ3) is 5.75. The van der Waals surface area contributed by atoms with Gasteiger partial charge in [-0.15, -0.1) is 0 Å². The second kappa shape index (κ2) is 10.4. The molecule has 35 heavy (non-hydrogen) atoms. The molecule has 186 valence electrons. The number of piperidine rings is 1. The van der Waals surface area contributed by atoms with Crippen LogP contribution in [0.4, 0.5) is 19.2 Å². The van der Waals surface area contributed by atoms with E-state index in [0.29, 0.717) is 35.2 Å². The highest BCUT2D eigenvalue weighted by Crippen LogP contribution is 2.32. The zero-order valence-electron chi connectivity index (χ0n) is 19.8. The Labute approximate surface area is 201 Å². The molecule has 0 amide bonds. The van der Waals surface area contributed by atoms with Crippen LogP contribution in [0.1, 0.15) is 44.0 Å². The van der Waals surface area contributed by atoms with E-state index >= 15 is 0 Å². The van der Waals surface area contributed by atoms with Gasteiger partial charge in [0.1, 0.15) is 12.9 Å². The largest absolute Gasteiger partial charge is 0.624 e. The van der Waals surface area contributed by atoms with Crippen molar-refractivity contribution < 1.29 is 27.2 Å². The molecule has 0 spiro atoms. The van der Waals surface area contributed by atoms with Crippen LogP contribution in [-0.4, -0.2) is 47.8 Å². The summed E-state index contributed by atoms with van der Waals surface area (Å²) < 4.78 is 55.3. The standard InChI is InChI=1S/C25H27F3N4O3/c1-15(2)24-29-25(35-30-24)32-8-6-16(7-9-32)14-34-23-21(27)11-18(12-22(23)28)19-5-4-17(10-20(19)26)13-31(3)33/h4-5,10-13,15-16H,6-9,14H2,1-3H3/b31-13-. The SMILES string of the molecule is CC(C)c1noc(N2CCC(COc3c(F)cc(-c4ccc(/C=[N+](/C)[O-])cc4F)cc3F)CC2)n1. The van der Waals surface area contributed by atoms with Gasteiger partial charge in [0, 0.05) is 30.1 Å². The fourth-order valence-electron chi connectivity index (χ4n) is 3.99. The van der Waals surface area contributed by atoms with E-state index < -0.39 is 23.2 Å². The van der Waals surface area contributed by atoms with Crippen molar-refractivity contribution in [2.45, 2.75) is 32.6 Å². The first-order chi connectivity index (χ1) is 16.7. The van der Waals surface area contributed by atoms with Crippen LogP contribution in [0.25, 0.3) is 11.1 Å². The Balaban J connectivity index is 1.38. The maximum atomic E-state index is 14.7. The van der Waals surface area contributed by atoms with Crippen LogP contribution >= 0.6 is 0 Å². The fraction of sp³-hybridized carbons (Fsp3) is 0.400. The summed E-state index contributed by atoms with van der Waals surface area (Å²) >= 11 is 0. The van der Waals surface area contributed by atoms with Crippen LogP contribution in [0.5, 0.6) is 5.75 Å². The zero-order valence-corrected chi connectivity index (χ0v) is 19.8. The molecule has 1 aromatic heterocycles. The van der Waals surface area contributed by atoms with Crippen LogP contribution in [0.2, 0.25) is 0 Å². The lowest BCUT2D eigenvalue weighted by atomic mass is 9.98. The number of hydrogen-bond donors (Lipinski definition) is 0. The summed E-state index contributed by atoms with van der Waals surface area (Å²) in [5.41, 5.74) is 0.407. The number of aromatic nitrogens is 2. The molecule has 1 saturated heterocycles. The lowest BCUT2D eigenvalue weighted by Gasteiger charge is -2.30. The van der Waals surface area contributed by atoms with Gasteiger partial charge in [-0.25, -0.2) is 17.9 Å². The second-order valence-corrected chi connectivity index (χ2v) is 9.01. The molecule has 3 aromatic rings. The summed E-state index contributed by atoms with van der Waals surface area (Å²) in [6.07, 6.45) is 2.68. The molecule has 0 radical (unpaired) electrons. The van der Waals surface area contributed by atoms with E-state index in [1.807, 2.05) is 18.7 Å². The van der Waals surface area contributed by atoms with Crippen LogP contribution in [0, 0.1) is 28.6 Å². The second-order valence-electron chi connectivity index (χ2n) is 9.01. The summed E-state index contributed by atoms with van der Waals surface area (Å²) in [5.74, 6) is -2.04. The van der Waals surface area contributed by atoms with Crippen molar-refractivity contribution in [1.82, 2.24) is 10.1 Å². The summed E-state index contributed by atoms with van der Waals surface area (Å²) in [5, 5.41) is 15.1. The first-order valence-corrected chi connectivity index (χ1v) is 11.5. The summed E-state index contributed by atoms with van der Waals surface area (Å²) in [4.78, 5) is 6.40. The number of anilines is 1. The first-order valence-electron chi connectivity index (χ1n) is 11.5. The Hall–Kier alpha value is -3.56. The van der Waals surface area contributed by atoms with E-state index in [1.54, 1.807) is 0 Å². The van der Waals surface area contributed by atoms with E-state index in [0.717, 1.165) is 31.0 Å². The van der Waals surface area contributed by atoms with E-state index in [1.165, 1.54) is 25.4 Å². The first kappa shape index (κ1) is 24.6. The molecule has 0 bridgehead atoms. The van der Waals surface area contributed by atoms with Gasteiger partial charge < -0.3 is 19.4 Å². The normalized spacial score (nSPS) is 15.2. The van der Waals surface area contributed by atoms with E-state index in [4.69, 9.17) is 9.26 Å². The van der Waals surface area contributed by atoms with Gasteiger partial charge in [-0.2, -0.15) is 4.98 Å². The van der Waals surface area contributed by atoms with Gasteiger partial charge in [-0.05, 0) is 48.6 Å². The third-order valence-corrected chi connectivity index (χ3v) is 5.93. The van der Waals surface area contributed by atoms with Crippen molar-refractivity contribution in [3.8, 4) is 16.9 Å². The number of nitrogens with zero attached hydrogens (tertiary/aromatic N) is 4. The van der Waals surface area contributed by atoms with Crippen molar-refractivity contribution in [3.05, 3.63) is 64.4 Å². The summed E-state index contributed by atoms with van der Waals surface area (Å²) in [7, 11) is 1.27. The Morgan fingerprint density at radius 1 is 1.14 bits per heavy atom. The van der Waals surface area contributed by atoms with Crippen molar-refractivity contribution in [3.63, 3.8) is 0 Å². The highest BCUT2D eigenvalue weighted by atomic mass is 19.1. The number of benzene rings is 2. The maximum absolute atomic E-state index is 14.7. The third-order valence-electron chi connectivity index (χ3n) is 5.93. The molecule has 1 aliphatic heterocycles. The molecule has 1 fully saturated rings. The van der Waals surface area contributed by atoms with Crippen molar-refractivity contribution in [2.75, 3.05) is 31.6 Å². The quantitative estimate of drug-likeness (QED) is 0.199. The average molecular weight is 489 g/mol. The Kier molecular flexibility index (Phi) is 7.28.